The molecular formula is C12H25NO4. The summed E-state index contributed by atoms with van der Waals surface area (Å²) in [6, 6.07) is 0.359. The first-order valence-corrected chi connectivity index (χ1v) is 5.87. The number of rotatable bonds is 9. The molecule has 5 nitrogen and oxygen atoms in total. The summed E-state index contributed by atoms with van der Waals surface area (Å²) >= 11 is 0. The Labute approximate surface area is 104 Å². The summed E-state index contributed by atoms with van der Waals surface area (Å²) in [6.45, 7) is 6.14. The fraction of sp³-hybridized carbons (Fsp3) is 0.917. The minimum atomic E-state index is -0.190. The summed E-state index contributed by atoms with van der Waals surface area (Å²) in [7, 11) is 4.76. The largest absolute Gasteiger partial charge is 0.469 e. The smallest absolute Gasteiger partial charge is 0.307 e. The molecule has 17 heavy (non-hydrogen) atoms. The van der Waals surface area contributed by atoms with E-state index in [1.165, 1.54) is 7.11 Å². The van der Waals surface area contributed by atoms with Gasteiger partial charge in [0.2, 0.25) is 0 Å². The molecule has 0 spiro atoms. The van der Waals surface area contributed by atoms with Crippen LogP contribution in [0.5, 0.6) is 0 Å². The van der Waals surface area contributed by atoms with Crippen molar-refractivity contribution in [3.8, 4) is 0 Å². The van der Waals surface area contributed by atoms with Gasteiger partial charge < -0.3 is 14.2 Å². The van der Waals surface area contributed by atoms with Crippen molar-refractivity contribution in [2.24, 2.45) is 0 Å². The maximum atomic E-state index is 11.3. The van der Waals surface area contributed by atoms with Crippen LogP contribution < -0.4 is 0 Å². The van der Waals surface area contributed by atoms with E-state index in [4.69, 9.17) is 9.47 Å². The molecule has 5 heteroatoms. The summed E-state index contributed by atoms with van der Waals surface area (Å²) < 4.78 is 14.9. The predicted octanol–water partition coefficient (Wildman–Crippen LogP) is 0.921. The molecule has 102 valence electrons. The van der Waals surface area contributed by atoms with Gasteiger partial charge in [-0.2, -0.15) is 0 Å². The minimum absolute atomic E-state index is 0.114. The van der Waals surface area contributed by atoms with Crippen LogP contribution in [0.15, 0.2) is 0 Å². The van der Waals surface area contributed by atoms with Gasteiger partial charge in [0.1, 0.15) is 0 Å². The summed E-state index contributed by atoms with van der Waals surface area (Å²) in [4.78, 5) is 13.5. The lowest BCUT2D eigenvalue weighted by molar-refractivity contribution is -0.142. The molecular weight excluding hydrogens is 222 g/mol. The van der Waals surface area contributed by atoms with Gasteiger partial charge >= 0.3 is 5.97 Å². The third-order valence-corrected chi connectivity index (χ3v) is 2.78. The zero-order valence-electron chi connectivity index (χ0n) is 11.6. The molecule has 0 bridgehead atoms. The molecule has 0 radical (unpaired) electrons. The molecule has 0 aromatic heterocycles. The second-order valence-electron chi connectivity index (χ2n) is 4.16. The Balaban J connectivity index is 4.37. The Bertz CT molecular complexity index is 211. The molecule has 0 aromatic rings. The average molecular weight is 247 g/mol. The molecule has 2 unspecified atom stereocenters. The van der Waals surface area contributed by atoms with Crippen LogP contribution in [0.2, 0.25) is 0 Å². The predicted molar refractivity (Wildman–Crippen MR) is 66.0 cm³/mol. The first kappa shape index (κ1) is 16.4. The first-order chi connectivity index (χ1) is 8.06. The number of esters is 1. The van der Waals surface area contributed by atoms with Crippen LogP contribution in [0.25, 0.3) is 0 Å². The maximum Gasteiger partial charge on any atom is 0.307 e. The van der Waals surface area contributed by atoms with Crippen LogP contribution in [0, 0.1) is 0 Å². The highest BCUT2D eigenvalue weighted by Crippen LogP contribution is 2.10. The average Bonchev–Trinajstić information content (AvgIpc) is 2.29. The van der Waals surface area contributed by atoms with Crippen LogP contribution in [0.1, 0.15) is 20.3 Å². The molecule has 0 aliphatic carbocycles. The van der Waals surface area contributed by atoms with Gasteiger partial charge in [0.15, 0.2) is 0 Å². The standard InChI is InChI=1S/C12H25NO4/c1-10(8-12(14)17-5)13(6-7-15-3)11(2)9-16-4/h10-11H,6-9H2,1-5H3. The van der Waals surface area contributed by atoms with E-state index < -0.39 is 0 Å². The zero-order chi connectivity index (χ0) is 13.3. The molecule has 0 amide bonds. The van der Waals surface area contributed by atoms with Crippen molar-refractivity contribution in [1.29, 1.82) is 0 Å². The van der Waals surface area contributed by atoms with E-state index in [0.717, 1.165) is 6.54 Å². The molecule has 0 aliphatic heterocycles. The summed E-state index contributed by atoms with van der Waals surface area (Å²) in [5.41, 5.74) is 0. The van der Waals surface area contributed by atoms with E-state index in [-0.39, 0.29) is 18.1 Å². The molecule has 2 atom stereocenters. The second-order valence-corrected chi connectivity index (χ2v) is 4.16. The Morgan fingerprint density at radius 1 is 1.12 bits per heavy atom. The fourth-order valence-corrected chi connectivity index (χ4v) is 1.85. The second kappa shape index (κ2) is 9.39. The molecule has 0 rings (SSSR count). The van der Waals surface area contributed by atoms with E-state index in [1.807, 2.05) is 6.92 Å². The highest BCUT2D eigenvalue weighted by Gasteiger charge is 2.22. The van der Waals surface area contributed by atoms with Gasteiger partial charge in [0.25, 0.3) is 0 Å². The number of hydrogen-bond acceptors (Lipinski definition) is 5. The quantitative estimate of drug-likeness (QED) is 0.567. The van der Waals surface area contributed by atoms with Crippen LogP contribution in [0.4, 0.5) is 0 Å². The van der Waals surface area contributed by atoms with Gasteiger partial charge in [0, 0.05) is 32.8 Å². The summed E-state index contributed by atoms with van der Waals surface area (Å²) in [5.74, 6) is -0.190. The summed E-state index contributed by atoms with van der Waals surface area (Å²) in [5, 5.41) is 0. The molecule has 0 saturated carbocycles. The van der Waals surface area contributed by atoms with Gasteiger partial charge in [0.05, 0.1) is 26.7 Å². The molecule has 0 saturated heterocycles. The van der Waals surface area contributed by atoms with Crippen molar-refractivity contribution < 1.29 is 19.0 Å². The van der Waals surface area contributed by atoms with Gasteiger partial charge in [-0.1, -0.05) is 0 Å². The van der Waals surface area contributed by atoms with E-state index >= 15 is 0 Å². The normalized spacial score (nSPS) is 14.7. The number of hydrogen-bond donors (Lipinski definition) is 0. The number of carbonyl (C=O) groups excluding carboxylic acids is 1. The van der Waals surface area contributed by atoms with Crippen LogP contribution in [-0.2, 0) is 19.0 Å². The maximum absolute atomic E-state index is 11.3. The Kier molecular flexibility index (Phi) is 9.03. The van der Waals surface area contributed by atoms with Crippen molar-refractivity contribution >= 4 is 5.97 Å². The lowest BCUT2D eigenvalue weighted by atomic mass is 10.1. The van der Waals surface area contributed by atoms with E-state index in [2.05, 4.69) is 16.6 Å². The lowest BCUT2D eigenvalue weighted by Crippen LogP contribution is -2.45. The Morgan fingerprint density at radius 3 is 2.24 bits per heavy atom. The minimum Gasteiger partial charge on any atom is -0.469 e. The highest BCUT2D eigenvalue weighted by atomic mass is 16.5. The van der Waals surface area contributed by atoms with E-state index in [0.29, 0.717) is 19.6 Å². The fourth-order valence-electron chi connectivity index (χ4n) is 1.85. The third kappa shape index (κ3) is 6.61. The first-order valence-electron chi connectivity index (χ1n) is 5.87. The Morgan fingerprint density at radius 2 is 1.76 bits per heavy atom. The third-order valence-electron chi connectivity index (χ3n) is 2.78. The monoisotopic (exact) mass is 247 g/mol. The van der Waals surface area contributed by atoms with Crippen molar-refractivity contribution in [3.05, 3.63) is 0 Å². The molecule has 0 aromatic carbocycles. The van der Waals surface area contributed by atoms with Crippen LogP contribution in [-0.4, -0.2) is 64.0 Å². The SMILES string of the molecule is COCCN(C(C)COC)C(C)CC(=O)OC. The van der Waals surface area contributed by atoms with Crippen LogP contribution in [0.3, 0.4) is 0 Å². The number of carbonyl (C=O) groups is 1. The van der Waals surface area contributed by atoms with Crippen molar-refractivity contribution in [2.75, 3.05) is 41.1 Å². The lowest BCUT2D eigenvalue weighted by Gasteiger charge is -2.33. The molecule has 0 fully saturated rings. The summed E-state index contributed by atoms with van der Waals surface area (Å²) in [6.07, 6.45) is 0.383. The molecule has 0 heterocycles. The number of ether oxygens (including phenoxy) is 3. The van der Waals surface area contributed by atoms with Gasteiger partial charge in [-0.3, -0.25) is 9.69 Å². The van der Waals surface area contributed by atoms with Crippen molar-refractivity contribution in [1.82, 2.24) is 4.90 Å². The van der Waals surface area contributed by atoms with Crippen LogP contribution >= 0.6 is 0 Å². The van der Waals surface area contributed by atoms with Gasteiger partial charge in [-0.05, 0) is 13.8 Å². The number of nitrogens with zero attached hydrogens (tertiary/aromatic N) is 1. The highest BCUT2D eigenvalue weighted by molar-refractivity contribution is 5.69. The Hall–Kier alpha value is -0.650. The molecule has 0 aliphatic rings. The van der Waals surface area contributed by atoms with Crippen molar-refractivity contribution in [3.63, 3.8) is 0 Å². The van der Waals surface area contributed by atoms with E-state index in [9.17, 15) is 4.79 Å². The topological polar surface area (TPSA) is 48.0 Å². The van der Waals surface area contributed by atoms with Crippen molar-refractivity contribution in [2.45, 2.75) is 32.4 Å². The molecule has 0 N–H and O–H groups in total. The van der Waals surface area contributed by atoms with Gasteiger partial charge in [-0.25, -0.2) is 0 Å². The number of methoxy groups -OCH3 is 3. The van der Waals surface area contributed by atoms with E-state index in [1.54, 1.807) is 14.2 Å². The van der Waals surface area contributed by atoms with Gasteiger partial charge in [-0.15, -0.1) is 0 Å². The zero-order valence-corrected chi connectivity index (χ0v) is 11.6.